The molecule has 0 saturated carbocycles. The fourth-order valence-corrected chi connectivity index (χ4v) is 3.12. The molecule has 1 N–H and O–H groups in total. The third-order valence-electron chi connectivity index (χ3n) is 4.33. The van der Waals surface area contributed by atoms with E-state index in [9.17, 15) is 19.2 Å². The number of carbonyl (C=O) groups excluding carboxylic acids is 4. The van der Waals surface area contributed by atoms with E-state index in [1.165, 1.54) is 18.2 Å². The highest BCUT2D eigenvalue weighted by molar-refractivity contribution is 6.33. The lowest BCUT2D eigenvalue weighted by Crippen LogP contribution is -2.43. The Kier molecular flexibility index (Phi) is 6.51. The van der Waals surface area contributed by atoms with Crippen molar-refractivity contribution in [2.45, 2.75) is 6.42 Å². The number of esters is 1. The number of carbonyl (C=O) groups is 4. The van der Waals surface area contributed by atoms with E-state index in [1.807, 2.05) is 0 Å². The first-order valence-corrected chi connectivity index (χ1v) is 9.42. The maximum Gasteiger partial charge on any atom is 0.311 e. The minimum Gasteiger partial charge on any atom is -0.457 e. The summed E-state index contributed by atoms with van der Waals surface area (Å²) in [7, 11) is 0. The van der Waals surface area contributed by atoms with Crippen molar-refractivity contribution < 1.29 is 23.9 Å². The molecule has 2 aromatic carbocycles. The molecule has 0 spiro atoms. The van der Waals surface area contributed by atoms with Gasteiger partial charge in [0.15, 0.2) is 12.4 Å². The molecule has 150 valence electrons. The Morgan fingerprint density at radius 2 is 1.76 bits per heavy atom. The lowest BCUT2D eigenvalue weighted by molar-refractivity contribution is -0.147. The molecule has 1 unspecified atom stereocenters. The van der Waals surface area contributed by atoms with Gasteiger partial charge in [0.05, 0.1) is 23.0 Å². The maximum atomic E-state index is 12.3. The van der Waals surface area contributed by atoms with Crippen LogP contribution in [0.3, 0.4) is 0 Å². The SMILES string of the molecule is O=C(COC(=O)C1CC(=O)N(NC(=O)c2ccccc2Cl)C1)c1ccc(Cl)cc1. The van der Waals surface area contributed by atoms with Gasteiger partial charge in [-0.1, -0.05) is 35.3 Å². The van der Waals surface area contributed by atoms with Crippen molar-refractivity contribution in [1.82, 2.24) is 10.4 Å². The van der Waals surface area contributed by atoms with Gasteiger partial charge in [-0.3, -0.25) is 29.6 Å². The zero-order valence-electron chi connectivity index (χ0n) is 15.1. The van der Waals surface area contributed by atoms with E-state index < -0.39 is 30.3 Å². The van der Waals surface area contributed by atoms with E-state index in [4.69, 9.17) is 27.9 Å². The molecule has 2 amide bonds. The van der Waals surface area contributed by atoms with E-state index in [-0.39, 0.29) is 29.3 Å². The monoisotopic (exact) mass is 434 g/mol. The lowest BCUT2D eigenvalue weighted by atomic mass is 10.1. The van der Waals surface area contributed by atoms with Crippen molar-refractivity contribution in [2.75, 3.05) is 13.2 Å². The molecule has 0 bridgehead atoms. The average molecular weight is 435 g/mol. The largest absolute Gasteiger partial charge is 0.457 e. The van der Waals surface area contributed by atoms with Crippen LogP contribution >= 0.6 is 23.2 Å². The molecule has 9 heteroatoms. The highest BCUT2D eigenvalue weighted by atomic mass is 35.5. The van der Waals surface area contributed by atoms with Crippen molar-refractivity contribution >= 4 is 46.8 Å². The summed E-state index contributed by atoms with van der Waals surface area (Å²) in [4.78, 5) is 48.7. The van der Waals surface area contributed by atoms with Crippen LogP contribution in [0, 0.1) is 5.92 Å². The summed E-state index contributed by atoms with van der Waals surface area (Å²) in [6, 6.07) is 12.6. The van der Waals surface area contributed by atoms with Gasteiger partial charge in [0.1, 0.15) is 0 Å². The second-order valence-electron chi connectivity index (χ2n) is 6.36. The summed E-state index contributed by atoms with van der Waals surface area (Å²) < 4.78 is 5.04. The fourth-order valence-electron chi connectivity index (χ4n) is 2.78. The van der Waals surface area contributed by atoms with Crippen LogP contribution in [0.15, 0.2) is 48.5 Å². The molecule has 1 heterocycles. The van der Waals surface area contributed by atoms with Gasteiger partial charge in [-0.25, -0.2) is 0 Å². The number of hydrogen-bond donors (Lipinski definition) is 1. The van der Waals surface area contributed by atoms with E-state index in [0.717, 1.165) is 5.01 Å². The van der Waals surface area contributed by atoms with Crippen molar-refractivity contribution in [1.29, 1.82) is 0 Å². The van der Waals surface area contributed by atoms with E-state index in [1.54, 1.807) is 30.3 Å². The van der Waals surface area contributed by atoms with Gasteiger partial charge in [-0.15, -0.1) is 0 Å². The highest BCUT2D eigenvalue weighted by Gasteiger charge is 2.37. The molecule has 7 nitrogen and oxygen atoms in total. The van der Waals surface area contributed by atoms with Crippen LogP contribution < -0.4 is 5.43 Å². The third kappa shape index (κ3) is 5.13. The number of hydrogen-bond acceptors (Lipinski definition) is 5. The van der Waals surface area contributed by atoms with Crippen LogP contribution in [-0.4, -0.2) is 41.7 Å². The molecular weight excluding hydrogens is 419 g/mol. The number of nitrogens with one attached hydrogen (secondary N) is 1. The van der Waals surface area contributed by atoms with Gasteiger partial charge < -0.3 is 4.74 Å². The van der Waals surface area contributed by atoms with Gasteiger partial charge >= 0.3 is 5.97 Å². The molecular formula is C20H16Cl2N2O5. The predicted octanol–water partition coefficient (Wildman–Crippen LogP) is 2.91. The molecule has 0 radical (unpaired) electrons. The number of ether oxygens (including phenoxy) is 1. The average Bonchev–Trinajstić information content (AvgIpc) is 3.07. The van der Waals surface area contributed by atoms with Gasteiger partial charge in [0, 0.05) is 17.0 Å². The van der Waals surface area contributed by atoms with Crippen LogP contribution in [0.4, 0.5) is 0 Å². The molecule has 0 aliphatic carbocycles. The number of rotatable bonds is 6. The van der Waals surface area contributed by atoms with Gasteiger partial charge in [-0.05, 0) is 36.4 Å². The first kappa shape index (κ1) is 20.8. The van der Waals surface area contributed by atoms with Crippen LogP contribution in [-0.2, 0) is 14.3 Å². The zero-order chi connectivity index (χ0) is 21.0. The number of nitrogens with zero attached hydrogens (tertiary/aromatic N) is 1. The Hall–Kier alpha value is -2.90. The number of benzene rings is 2. The Labute approximate surface area is 176 Å². The molecule has 1 atom stereocenters. The Morgan fingerprint density at radius 3 is 2.45 bits per heavy atom. The molecule has 2 aromatic rings. The molecule has 0 aromatic heterocycles. The minimum atomic E-state index is -0.785. The quantitative estimate of drug-likeness (QED) is 0.557. The van der Waals surface area contributed by atoms with Crippen LogP contribution in [0.2, 0.25) is 10.0 Å². The summed E-state index contributed by atoms with van der Waals surface area (Å²) in [5.74, 6) is -2.85. The van der Waals surface area contributed by atoms with Crippen LogP contribution in [0.25, 0.3) is 0 Å². The first-order chi connectivity index (χ1) is 13.8. The fraction of sp³-hybridized carbons (Fsp3) is 0.200. The van der Waals surface area contributed by atoms with Crippen molar-refractivity contribution in [3.63, 3.8) is 0 Å². The van der Waals surface area contributed by atoms with Gasteiger partial charge in [-0.2, -0.15) is 0 Å². The van der Waals surface area contributed by atoms with E-state index in [0.29, 0.717) is 10.6 Å². The Bertz CT molecular complexity index is 962. The molecule has 3 rings (SSSR count). The van der Waals surface area contributed by atoms with E-state index >= 15 is 0 Å². The highest BCUT2D eigenvalue weighted by Crippen LogP contribution is 2.20. The summed E-state index contributed by atoms with van der Waals surface area (Å²) >= 11 is 11.7. The molecule has 1 aliphatic rings. The second-order valence-corrected chi connectivity index (χ2v) is 7.21. The second kappa shape index (κ2) is 9.07. The standard InChI is InChI=1S/C20H16Cl2N2O5/c21-14-7-5-12(6-8-14)17(25)11-29-20(28)13-9-18(26)24(10-13)23-19(27)15-3-1-2-4-16(15)22/h1-8,13H,9-11H2,(H,23,27). The van der Waals surface area contributed by atoms with Gasteiger partial charge in [0.25, 0.3) is 5.91 Å². The lowest BCUT2D eigenvalue weighted by Gasteiger charge is -2.18. The normalized spacial score (nSPS) is 15.9. The summed E-state index contributed by atoms with van der Waals surface area (Å²) in [6.45, 7) is -0.500. The van der Waals surface area contributed by atoms with Gasteiger partial charge in [0.2, 0.25) is 5.91 Å². The minimum absolute atomic E-state index is 0.0526. The predicted molar refractivity (Wildman–Crippen MR) is 105 cm³/mol. The summed E-state index contributed by atoms with van der Waals surface area (Å²) in [6.07, 6.45) is -0.128. The smallest absolute Gasteiger partial charge is 0.311 e. The first-order valence-electron chi connectivity index (χ1n) is 8.66. The number of hydrazine groups is 1. The van der Waals surface area contributed by atoms with Crippen molar-refractivity contribution in [3.05, 3.63) is 69.7 Å². The molecule has 29 heavy (non-hydrogen) atoms. The van der Waals surface area contributed by atoms with Crippen LogP contribution in [0.1, 0.15) is 27.1 Å². The number of Topliss-reactive ketones (excluding diaryl/α,β-unsaturated/α-hetero) is 1. The molecule has 1 aliphatic heterocycles. The zero-order valence-corrected chi connectivity index (χ0v) is 16.6. The van der Waals surface area contributed by atoms with E-state index in [2.05, 4.69) is 5.43 Å². The molecule has 1 fully saturated rings. The number of halogens is 2. The number of ketones is 1. The Balaban J connectivity index is 1.53. The maximum absolute atomic E-state index is 12.3. The number of amides is 2. The molecule has 1 saturated heterocycles. The Morgan fingerprint density at radius 1 is 1.07 bits per heavy atom. The summed E-state index contributed by atoms with van der Waals surface area (Å²) in [5.41, 5.74) is 3.01. The third-order valence-corrected chi connectivity index (χ3v) is 4.91. The topological polar surface area (TPSA) is 92.8 Å². The van der Waals surface area contributed by atoms with Crippen LogP contribution in [0.5, 0.6) is 0 Å². The van der Waals surface area contributed by atoms with Crippen molar-refractivity contribution in [3.8, 4) is 0 Å². The summed E-state index contributed by atoms with van der Waals surface area (Å²) in [5, 5.41) is 1.79. The van der Waals surface area contributed by atoms with Crippen molar-refractivity contribution in [2.24, 2.45) is 5.92 Å².